The van der Waals surface area contributed by atoms with Gasteiger partial charge in [0, 0.05) is 87.3 Å². The third-order valence-corrected chi connectivity index (χ3v) is 13.9. The van der Waals surface area contributed by atoms with Gasteiger partial charge in [-0.2, -0.15) is 10.1 Å². The number of amides is 4. The standard InChI is InChI=1S/C47H52F2N10O5/c1-26-5-4-14-64-46-35(20-50-55(46)3)39-17-30(15-27(2)51-39)43(61)54-47-52-38-10-6-28(16-40(38)59(47)21-26)22-57-24-32-8-7-31(57)25-58(32)45(63)29-12-13-56(23-29)33-18-36(48)42(37(49)19-33)34-9-11-41(60)53-44(34)62/h6,10,15-20,26,29,31-32,34H,4-5,7-9,11-14,21-25H2,1-3H3,(H,52,54,61)(H,53,60,62)/t26-,29-,31?,32?,34-/m1/s1. The summed E-state index contributed by atoms with van der Waals surface area (Å²) in [5.74, 6) is -3.09. The summed E-state index contributed by atoms with van der Waals surface area (Å²) in [6.45, 7) is 8.14. The summed E-state index contributed by atoms with van der Waals surface area (Å²) in [5, 5.41) is 10.0. The highest BCUT2D eigenvalue weighted by molar-refractivity contribution is 6.19. The minimum Gasteiger partial charge on any atom is -0.477 e. The van der Waals surface area contributed by atoms with E-state index in [-0.39, 0.29) is 54.1 Å². The van der Waals surface area contributed by atoms with Crippen molar-refractivity contribution in [3.8, 4) is 17.1 Å². The number of hydrogen-bond donors (Lipinski definition) is 2. The van der Waals surface area contributed by atoms with E-state index in [1.165, 1.54) is 12.1 Å². The van der Waals surface area contributed by atoms with Crippen LogP contribution in [0.4, 0.5) is 25.8 Å². The molecule has 4 amide bonds. The van der Waals surface area contributed by atoms with Crippen LogP contribution in [0.3, 0.4) is 0 Å². The Bertz CT molecular complexity index is 2570. The zero-order valence-corrected chi connectivity index (χ0v) is 36.3. The Morgan fingerprint density at radius 2 is 1.73 bits per heavy atom. The number of nitrogens with one attached hydrogen (secondary N) is 2. The molecule has 2 aromatic heterocycles. The monoisotopic (exact) mass is 874 g/mol. The highest BCUT2D eigenvalue weighted by Crippen LogP contribution is 2.39. The number of pyridine rings is 1. The normalized spacial score (nSPS) is 25.6. The van der Waals surface area contributed by atoms with Gasteiger partial charge in [-0.05, 0) is 93.3 Å². The maximum absolute atomic E-state index is 15.4. The van der Waals surface area contributed by atoms with Gasteiger partial charge >= 0.3 is 0 Å². The number of halogens is 2. The molecule has 2 N–H and O–H groups in total. The zero-order chi connectivity index (χ0) is 44.4. The lowest BCUT2D eigenvalue weighted by atomic mass is 9.89. The van der Waals surface area contributed by atoms with Crippen LogP contribution in [0.25, 0.3) is 11.3 Å². The average Bonchev–Trinajstić information content (AvgIpc) is 4.00. The second-order valence-electron chi connectivity index (χ2n) is 18.4. The second-order valence-corrected chi connectivity index (χ2v) is 18.4. The van der Waals surface area contributed by atoms with Gasteiger partial charge < -0.3 is 24.8 Å². The number of rotatable bonds is 5. The van der Waals surface area contributed by atoms with Crippen LogP contribution >= 0.6 is 0 Å². The number of carbonyl (C=O) groups is 4. The van der Waals surface area contributed by atoms with Crippen molar-refractivity contribution >= 4 is 46.7 Å². The van der Waals surface area contributed by atoms with Crippen molar-refractivity contribution in [3.63, 3.8) is 0 Å². The van der Waals surface area contributed by atoms with Crippen LogP contribution in [0.5, 0.6) is 5.88 Å². The minimum absolute atomic E-state index is 0.0230. The summed E-state index contributed by atoms with van der Waals surface area (Å²) < 4.78 is 38.7. The van der Waals surface area contributed by atoms with Crippen molar-refractivity contribution < 1.29 is 32.7 Å². The molecule has 5 saturated heterocycles. The first-order valence-electron chi connectivity index (χ1n) is 22.4. The molecule has 64 heavy (non-hydrogen) atoms. The number of aliphatic imine (C=N–C) groups is 1. The van der Waals surface area contributed by atoms with Gasteiger partial charge in [0.05, 0.1) is 47.3 Å². The lowest BCUT2D eigenvalue weighted by Crippen LogP contribution is -2.64. The summed E-state index contributed by atoms with van der Waals surface area (Å²) in [6, 6.07) is 12.6. The minimum atomic E-state index is -1.06. The predicted octanol–water partition coefficient (Wildman–Crippen LogP) is 5.53. The lowest BCUT2D eigenvalue weighted by molar-refractivity contribution is -0.146. The topological polar surface area (TPSA) is 158 Å². The molecule has 0 radical (unpaired) electrons. The Kier molecular flexibility index (Phi) is 10.9. The molecule has 4 bridgehead atoms. The van der Waals surface area contributed by atoms with E-state index in [1.807, 2.05) is 23.8 Å². The molecule has 9 heterocycles. The number of piperazine rings is 1. The number of piperidine rings is 3. The van der Waals surface area contributed by atoms with Crippen molar-refractivity contribution in [1.29, 1.82) is 0 Å². The number of fused-ring (bicyclic) bond motifs is 10. The number of hydrogen-bond acceptors (Lipinski definition) is 11. The second kappa shape index (κ2) is 16.7. The molecule has 4 aromatic rings. The van der Waals surface area contributed by atoms with E-state index in [2.05, 4.69) is 55.6 Å². The van der Waals surface area contributed by atoms with Gasteiger partial charge in [0.25, 0.3) is 5.91 Å². The number of ether oxygens (including phenoxy) is 1. The highest BCUT2D eigenvalue weighted by atomic mass is 19.1. The van der Waals surface area contributed by atoms with Crippen LogP contribution in [0, 0.1) is 30.4 Å². The van der Waals surface area contributed by atoms with Crippen molar-refractivity contribution in [1.82, 2.24) is 29.9 Å². The van der Waals surface area contributed by atoms with Gasteiger partial charge in [-0.25, -0.2) is 13.5 Å². The molecule has 17 heteroatoms. The maximum atomic E-state index is 15.4. The molecule has 0 saturated carbocycles. The van der Waals surface area contributed by atoms with Crippen molar-refractivity contribution in [3.05, 3.63) is 82.7 Å². The molecular formula is C47H52F2N10O5. The fourth-order valence-electron chi connectivity index (χ4n) is 10.5. The molecule has 334 valence electrons. The first kappa shape index (κ1) is 41.8. The van der Waals surface area contributed by atoms with E-state index in [9.17, 15) is 19.2 Å². The van der Waals surface area contributed by atoms with Gasteiger partial charge in [0.2, 0.25) is 29.6 Å². The maximum Gasteiger partial charge on any atom is 0.280 e. The number of carbonyl (C=O) groups excluding carboxylic acids is 4. The fourth-order valence-corrected chi connectivity index (χ4v) is 10.5. The largest absolute Gasteiger partial charge is 0.477 e. The van der Waals surface area contributed by atoms with Gasteiger partial charge in [-0.15, -0.1) is 0 Å². The number of nitrogens with zero attached hydrogens (tertiary/aromatic N) is 8. The molecule has 5 atom stereocenters. The number of benzene rings is 2. The molecular weight excluding hydrogens is 823 g/mol. The summed E-state index contributed by atoms with van der Waals surface area (Å²) in [4.78, 5) is 69.8. The Hall–Kier alpha value is -6.23. The Labute approximate surface area is 369 Å². The van der Waals surface area contributed by atoms with E-state index in [0.717, 1.165) is 54.7 Å². The molecule has 15 nitrogen and oxygen atoms in total. The van der Waals surface area contributed by atoms with Crippen LogP contribution in [0.2, 0.25) is 0 Å². The number of aromatic nitrogens is 3. The van der Waals surface area contributed by atoms with Crippen molar-refractivity contribution in [2.45, 2.75) is 83.3 Å². The van der Waals surface area contributed by atoms with E-state index in [0.29, 0.717) is 80.2 Å². The first-order chi connectivity index (χ1) is 30.9. The average molecular weight is 875 g/mol. The van der Waals surface area contributed by atoms with E-state index in [1.54, 1.807) is 23.0 Å². The van der Waals surface area contributed by atoms with Gasteiger partial charge in [0.15, 0.2) is 0 Å². The Morgan fingerprint density at radius 3 is 2.52 bits per heavy atom. The molecule has 7 aliphatic rings. The Balaban J connectivity index is 0.814. The van der Waals surface area contributed by atoms with Gasteiger partial charge in [-0.3, -0.25) is 34.4 Å². The molecule has 0 aliphatic carbocycles. The van der Waals surface area contributed by atoms with Crippen LogP contribution in [0.15, 0.2) is 53.7 Å². The molecule has 5 fully saturated rings. The summed E-state index contributed by atoms with van der Waals surface area (Å²) in [5.41, 5.74) is 5.44. The third kappa shape index (κ3) is 7.87. The number of aryl methyl sites for hydroxylation is 2. The van der Waals surface area contributed by atoms with E-state index in [4.69, 9.17) is 9.72 Å². The van der Waals surface area contributed by atoms with Crippen LogP contribution in [-0.2, 0) is 28.0 Å². The number of guanidine groups is 1. The lowest BCUT2D eigenvalue weighted by Gasteiger charge is -2.52. The molecule has 11 rings (SSSR count). The van der Waals surface area contributed by atoms with Crippen molar-refractivity contribution in [2.75, 3.05) is 54.4 Å². The summed E-state index contributed by atoms with van der Waals surface area (Å²) >= 11 is 0. The fraction of sp³-hybridized carbons (Fsp3) is 0.468. The van der Waals surface area contributed by atoms with E-state index >= 15 is 8.78 Å². The first-order valence-corrected chi connectivity index (χ1v) is 22.4. The zero-order valence-electron chi connectivity index (χ0n) is 36.3. The van der Waals surface area contributed by atoms with Crippen LogP contribution < -0.4 is 25.2 Å². The third-order valence-electron chi connectivity index (χ3n) is 13.9. The smallest absolute Gasteiger partial charge is 0.280 e. The molecule has 0 spiro atoms. The highest BCUT2D eigenvalue weighted by Gasteiger charge is 2.44. The molecule has 2 aromatic carbocycles. The SMILES string of the molecule is Cc1cc2cc(n1)-c1cnn(C)c1OCCC[C@@H](C)CN1/C(=N/C2=O)Nc2ccc(CN3CC4CCC3CN4C(=O)[C@@H]3CCN(c4cc(F)c([C@H]5CCC(=O)NC5=O)c(F)c4)C3)cc21. The van der Waals surface area contributed by atoms with Crippen LogP contribution in [0.1, 0.15) is 85.0 Å². The van der Waals surface area contributed by atoms with Gasteiger partial charge in [0.1, 0.15) is 11.6 Å². The number of imide groups is 1. The predicted molar refractivity (Wildman–Crippen MR) is 235 cm³/mol. The summed E-state index contributed by atoms with van der Waals surface area (Å²) in [6.07, 6.45) is 6.00. The van der Waals surface area contributed by atoms with E-state index < -0.39 is 29.4 Å². The number of anilines is 3. The van der Waals surface area contributed by atoms with Gasteiger partial charge in [-0.1, -0.05) is 13.0 Å². The van der Waals surface area contributed by atoms with Crippen LogP contribution in [-0.4, -0.2) is 106 Å². The molecule has 7 aliphatic heterocycles. The molecule has 2 unspecified atom stereocenters. The summed E-state index contributed by atoms with van der Waals surface area (Å²) in [7, 11) is 1.83. The van der Waals surface area contributed by atoms with Crippen molar-refractivity contribution in [2.24, 2.45) is 23.9 Å². The Morgan fingerprint density at radius 1 is 0.922 bits per heavy atom. The quantitative estimate of drug-likeness (QED) is 0.243.